The van der Waals surface area contributed by atoms with Crippen LogP contribution in [0.25, 0.3) is 0 Å². The number of benzene rings is 1. The van der Waals surface area contributed by atoms with Gasteiger partial charge >= 0.3 is 0 Å². The number of amides is 1. The van der Waals surface area contributed by atoms with Crippen LogP contribution in [0.4, 0.5) is 0 Å². The van der Waals surface area contributed by atoms with Gasteiger partial charge in [0.15, 0.2) is 5.82 Å². The van der Waals surface area contributed by atoms with Crippen LogP contribution in [-0.4, -0.2) is 16.0 Å². The van der Waals surface area contributed by atoms with E-state index in [1.807, 2.05) is 0 Å². The fourth-order valence-electron chi connectivity index (χ4n) is 2.80. The van der Waals surface area contributed by atoms with Gasteiger partial charge in [-0.25, -0.2) is 0 Å². The van der Waals surface area contributed by atoms with Crippen molar-refractivity contribution in [2.24, 2.45) is 0 Å². The van der Waals surface area contributed by atoms with E-state index in [0.717, 1.165) is 25.7 Å². The number of carbonyl (C=O) groups is 1. The molecule has 1 amide bonds. The average molecular weight is 340 g/mol. The quantitative estimate of drug-likeness (QED) is 0.921. The number of halogens is 2. The van der Waals surface area contributed by atoms with Crippen molar-refractivity contribution in [1.29, 1.82) is 0 Å². The highest BCUT2D eigenvalue weighted by atomic mass is 35.5. The molecular weight excluding hydrogens is 325 g/mol. The number of rotatable bonds is 3. The maximum atomic E-state index is 12.6. The summed E-state index contributed by atoms with van der Waals surface area (Å²) in [6, 6.07) is 4.82. The number of aromatic nitrogens is 2. The average Bonchev–Trinajstić information content (AvgIpc) is 3.12. The van der Waals surface area contributed by atoms with Gasteiger partial charge in [-0.2, -0.15) is 4.98 Å². The zero-order valence-electron chi connectivity index (χ0n) is 12.0. The molecule has 1 aromatic heterocycles. The molecule has 0 aliphatic heterocycles. The van der Waals surface area contributed by atoms with E-state index in [4.69, 9.17) is 27.7 Å². The first-order valence-corrected chi connectivity index (χ1v) is 7.84. The Morgan fingerprint density at radius 3 is 2.59 bits per heavy atom. The van der Waals surface area contributed by atoms with Gasteiger partial charge in [0.05, 0.1) is 10.0 Å². The number of nitrogens with one attached hydrogen (secondary N) is 1. The van der Waals surface area contributed by atoms with E-state index in [1.54, 1.807) is 25.1 Å². The van der Waals surface area contributed by atoms with Crippen molar-refractivity contribution in [2.45, 2.75) is 38.1 Å². The first-order chi connectivity index (χ1) is 10.5. The van der Waals surface area contributed by atoms with Gasteiger partial charge in [-0.1, -0.05) is 41.2 Å². The Kier molecular flexibility index (Phi) is 4.10. The van der Waals surface area contributed by atoms with Crippen molar-refractivity contribution < 1.29 is 9.32 Å². The third kappa shape index (κ3) is 2.83. The highest BCUT2D eigenvalue weighted by Gasteiger charge is 2.41. The summed E-state index contributed by atoms with van der Waals surface area (Å²) in [6.45, 7) is 1.74. The van der Waals surface area contributed by atoms with Crippen LogP contribution in [0, 0.1) is 6.92 Å². The monoisotopic (exact) mass is 339 g/mol. The molecule has 0 unspecified atom stereocenters. The van der Waals surface area contributed by atoms with Crippen LogP contribution in [-0.2, 0) is 5.54 Å². The Hall–Kier alpha value is -1.59. The number of carbonyl (C=O) groups excluding carboxylic acids is 1. The third-order valence-electron chi connectivity index (χ3n) is 3.95. The molecule has 1 aromatic carbocycles. The van der Waals surface area contributed by atoms with Gasteiger partial charge in [0.1, 0.15) is 5.54 Å². The predicted octanol–water partition coefficient (Wildman–Crippen LogP) is 3.88. The standard InChI is InChI=1S/C15H15Cl2N3O2/c1-9-18-14(20-22-9)15(6-2-3-7-15)19-13(21)10-4-5-11(16)12(17)8-10/h4-5,8H,2-3,6-7H2,1H3,(H,19,21). The van der Waals surface area contributed by atoms with E-state index in [-0.39, 0.29) is 5.91 Å². The summed E-state index contributed by atoms with van der Waals surface area (Å²) in [6.07, 6.45) is 3.60. The van der Waals surface area contributed by atoms with Crippen molar-refractivity contribution in [3.05, 3.63) is 45.5 Å². The first-order valence-electron chi connectivity index (χ1n) is 7.08. The summed E-state index contributed by atoms with van der Waals surface area (Å²) in [5, 5.41) is 7.83. The Balaban J connectivity index is 1.88. The Labute approximate surface area is 138 Å². The maximum absolute atomic E-state index is 12.6. The van der Waals surface area contributed by atoms with Crippen LogP contribution in [0.1, 0.15) is 47.8 Å². The van der Waals surface area contributed by atoms with Gasteiger partial charge in [-0.3, -0.25) is 4.79 Å². The summed E-state index contributed by atoms with van der Waals surface area (Å²) in [5.41, 5.74) is -0.109. The molecule has 3 rings (SSSR count). The van der Waals surface area contributed by atoms with Gasteiger partial charge in [0.25, 0.3) is 5.91 Å². The van der Waals surface area contributed by atoms with Gasteiger partial charge in [-0.05, 0) is 31.0 Å². The van der Waals surface area contributed by atoms with Crippen molar-refractivity contribution in [3.8, 4) is 0 Å². The van der Waals surface area contributed by atoms with Gasteiger partial charge < -0.3 is 9.84 Å². The largest absolute Gasteiger partial charge is 0.340 e. The second kappa shape index (κ2) is 5.89. The molecule has 2 aromatic rings. The first kappa shape index (κ1) is 15.3. The van der Waals surface area contributed by atoms with Crippen molar-refractivity contribution in [3.63, 3.8) is 0 Å². The highest BCUT2D eigenvalue weighted by Crippen LogP contribution is 2.37. The molecule has 0 atom stereocenters. The van der Waals surface area contributed by atoms with Crippen molar-refractivity contribution in [1.82, 2.24) is 15.5 Å². The van der Waals surface area contributed by atoms with Gasteiger partial charge in [0.2, 0.25) is 5.89 Å². The fraction of sp³-hybridized carbons (Fsp3) is 0.400. The molecule has 1 aliphatic rings. The van der Waals surface area contributed by atoms with Crippen LogP contribution in [0.5, 0.6) is 0 Å². The lowest BCUT2D eigenvalue weighted by molar-refractivity contribution is 0.0892. The number of hydrogen-bond donors (Lipinski definition) is 1. The summed E-state index contributed by atoms with van der Waals surface area (Å²) in [5.74, 6) is 0.809. The van der Waals surface area contributed by atoms with Crippen LogP contribution in [0.15, 0.2) is 22.7 Å². The van der Waals surface area contributed by atoms with E-state index in [9.17, 15) is 4.79 Å². The molecule has 116 valence electrons. The smallest absolute Gasteiger partial charge is 0.252 e. The predicted molar refractivity (Wildman–Crippen MR) is 83.1 cm³/mol. The highest BCUT2D eigenvalue weighted by molar-refractivity contribution is 6.42. The lowest BCUT2D eigenvalue weighted by atomic mass is 9.96. The lowest BCUT2D eigenvalue weighted by Crippen LogP contribution is -2.44. The molecule has 0 radical (unpaired) electrons. The van der Waals surface area contributed by atoms with E-state index >= 15 is 0 Å². The Bertz CT molecular complexity index is 709. The zero-order chi connectivity index (χ0) is 15.7. The van der Waals surface area contributed by atoms with E-state index in [1.165, 1.54) is 0 Å². The minimum atomic E-state index is -0.568. The summed E-state index contributed by atoms with van der Waals surface area (Å²) in [4.78, 5) is 16.9. The number of nitrogens with zero attached hydrogens (tertiary/aromatic N) is 2. The molecule has 1 aliphatic carbocycles. The molecule has 1 fully saturated rings. The Morgan fingerprint density at radius 1 is 1.27 bits per heavy atom. The molecule has 22 heavy (non-hydrogen) atoms. The van der Waals surface area contributed by atoms with Crippen LogP contribution < -0.4 is 5.32 Å². The summed E-state index contributed by atoms with van der Waals surface area (Å²) in [7, 11) is 0. The molecule has 1 N–H and O–H groups in total. The SMILES string of the molecule is Cc1nc(C2(NC(=O)c3ccc(Cl)c(Cl)c3)CCCC2)no1. The molecule has 0 spiro atoms. The maximum Gasteiger partial charge on any atom is 0.252 e. The molecule has 0 bridgehead atoms. The normalized spacial score (nSPS) is 16.7. The van der Waals surface area contributed by atoms with Crippen LogP contribution >= 0.6 is 23.2 Å². The second-order valence-corrected chi connectivity index (χ2v) is 6.32. The van der Waals surface area contributed by atoms with E-state index in [2.05, 4.69) is 15.5 Å². The minimum Gasteiger partial charge on any atom is -0.340 e. The summed E-state index contributed by atoms with van der Waals surface area (Å²) < 4.78 is 5.07. The van der Waals surface area contributed by atoms with Gasteiger partial charge in [-0.15, -0.1) is 0 Å². The van der Waals surface area contributed by atoms with E-state index in [0.29, 0.717) is 27.3 Å². The second-order valence-electron chi connectivity index (χ2n) is 5.51. The van der Waals surface area contributed by atoms with Crippen LogP contribution in [0.2, 0.25) is 10.0 Å². The number of aryl methyl sites for hydroxylation is 1. The molecule has 1 heterocycles. The zero-order valence-corrected chi connectivity index (χ0v) is 13.5. The topological polar surface area (TPSA) is 68.0 Å². The third-order valence-corrected chi connectivity index (χ3v) is 4.69. The lowest BCUT2D eigenvalue weighted by Gasteiger charge is -2.26. The molecule has 0 saturated heterocycles. The fourth-order valence-corrected chi connectivity index (χ4v) is 3.10. The molecule has 1 saturated carbocycles. The molecular formula is C15H15Cl2N3O2. The minimum absolute atomic E-state index is 0.220. The van der Waals surface area contributed by atoms with Gasteiger partial charge in [0, 0.05) is 12.5 Å². The molecule has 7 heteroatoms. The summed E-state index contributed by atoms with van der Waals surface area (Å²) >= 11 is 11.9. The van der Waals surface area contributed by atoms with Crippen molar-refractivity contribution in [2.75, 3.05) is 0 Å². The molecule has 5 nitrogen and oxygen atoms in total. The van der Waals surface area contributed by atoms with E-state index < -0.39 is 5.54 Å². The number of hydrogen-bond acceptors (Lipinski definition) is 4. The Morgan fingerprint density at radius 2 is 2.00 bits per heavy atom. The van der Waals surface area contributed by atoms with Crippen molar-refractivity contribution >= 4 is 29.1 Å². The van der Waals surface area contributed by atoms with Crippen LogP contribution in [0.3, 0.4) is 0 Å².